The van der Waals surface area contributed by atoms with Gasteiger partial charge in [-0.05, 0) is 18.9 Å². The second-order valence-electron chi connectivity index (χ2n) is 4.24. The first-order valence-electron chi connectivity index (χ1n) is 4.74. The van der Waals surface area contributed by atoms with Gasteiger partial charge in [0.25, 0.3) is 0 Å². The van der Waals surface area contributed by atoms with Crippen molar-refractivity contribution in [3.8, 4) is 0 Å². The Hall–Kier alpha value is -0.0800. The van der Waals surface area contributed by atoms with Gasteiger partial charge in [0.2, 0.25) is 0 Å². The molecule has 3 atom stereocenters. The molecule has 0 radical (unpaired) electrons. The molecule has 64 valence electrons. The topological polar surface area (TPSA) is 15.3 Å². The first kappa shape index (κ1) is 7.56. The molecule has 11 heavy (non-hydrogen) atoms. The zero-order valence-corrected chi connectivity index (χ0v) is 7.51. The van der Waals surface area contributed by atoms with Crippen LogP contribution in [0, 0.1) is 5.92 Å². The number of rotatable bonds is 2. The van der Waals surface area contributed by atoms with Crippen LogP contribution in [0.1, 0.15) is 20.3 Å². The molecular formula is C9H18N2. The molecule has 0 aromatic carbocycles. The highest BCUT2D eigenvalue weighted by molar-refractivity contribution is 4.95. The molecule has 0 aliphatic carbocycles. The maximum Gasteiger partial charge on any atom is 0.0238 e. The van der Waals surface area contributed by atoms with E-state index in [9.17, 15) is 0 Å². The molecular weight excluding hydrogens is 136 g/mol. The Bertz CT molecular complexity index is 144. The van der Waals surface area contributed by atoms with Crippen LogP contribution in [0.25, 0.3) is 0 Å². The van der Waals surface area contributed by atoms with Gasteiger partial charge in [0.15, 0.2) is 0 Å². The van der Waals surface area contributed by atoms with Crippen LogP contribution in [0.5, 0.6) is 0 Å². The van der Waals surface area contributed by atoms with Crippen molar-refractivity contribution in [2.45, 2.75) is 32.4 Å². The predicted octanol–water partition coefficient (Wildman–Crippen LogP) is 0.688. The van der Waals surface area contributed by atoms with Crippen molar-refractivity contribution in [1.29, 1.82) is 0 Å². The Kier molecular flexibility index (Phi) is 1.90. The Labute approximate surface area is 69.0 Å². The van der Waals surface area contributed by atoms with Crippen LogP contribution in [0.2, 0.25) is 0 Å². The van der Waals surface area contributed by atoms with Gasteiger partial charge in [-0.15, -0.1) is 0 Å². The summed E-state index contributed by atoms with van der Waals surface area (Å²) in [5, 5.41) is 3.63. The summed E-state index contributed by atoms with van der Waals surface area (Å²) < 4.78 is 0. The van der Waals surface area contributed by atoms with Gasteiger partial charge >= 0.3 is 0 Å². The van der Waals surface area contributed by atoms with E-state index in [0.717, 1.165) is 12.0 Å². The van der Waals surface area contributed by atoms with Gasteiger partial charge < -0.3 is 10.2 Å². The van der Waals surface area contributed by atoms with Crippen LogP contribution in [0.4, 0.5) is 0 Å². The molecule has 2 aliphatic rings. The Morgan fingerprint density at radius 3 is 2.64 bits per heavy atom. The highest BCUT2D eigenvalue weighted by Crippen LogP contribution is 2.27. The fourth-order valence-corrected chi connectivity index (χ4v) is 2.40. The summed E-state index contributed by atoms with van der Waals surface area (Å²) in [4.78, 5) is 2.57. The van der Waals surface area contributed by atoms with E-state index in [1.807, 2.05) is 0 Å². The second kappa shape index (κ2) is 2.76. The maximum absolute atomic E-state index is 3.63. The molecule has 2 bridgehead atoms. The molecule has 0 aromatic heterocycles. The zero-order chi connectivity index (χ0) is 7.84. The molecule has 0 saturated carbocycles. The van der Waals surface area contributed by atoms with Gasteiger partial charge in [-0.2, -0.15) is 0 Å². The molecule has 0 aromatic rings. The first-order valence-corrected chi connectivity index (χ1v) is 4.74. The third-order valence-electron chi connectivity index (χ3n) is 2.88. The molecule has 0 spiro atoms. The van der Waals surface area contributed by atoms with E-state index in [1.54, 1.807) is 0 Å². The first-order chi connectivity index (χ1) is 5.25. The van der Waals surface area contributed by atoms with Crippen molar-refractivity contribution in [2.24, 2.45) is 5.92 Å². The predicted molar refractivity (Wildman–Crippen MR) is 46.6 cm³/mol. The van der Waals surface area contributed by atoms with E-state index < -0.39 is 0 Å². The lowest BCUT2D eigenvalue weighted by Crippen LogP contribution is -2.43. The van der Waals surface area contributed by atoms with Crippen LogP contribution in [0.3, 0.4) is 0 Å². The Morgan fingerprint density at radius 2 is 2.18 bits per heavy atom. The minimum Gasteiger partial charge on any atom is -0.310 e. The SMILES string of the molecule is CC(C)NC1CN2CCC1C2. The molecule has 2 nitrogen and oxygen atoms in total. The Balaban J connectivity index is 1.87. The van der Waals surface area contributed by atoms with Crippen molar-refractivity contribution in [3.63, 3.8) is 0 Å². The average Bonchev–Trinajstić information content (AvgIpc) is 2.45. The zero-order valence-electron chi connectivity index (χ0n) is 7.51. The molecule has 3 unspecified atom stereocenters. The minimum atomic E-state index is 0.653. The molecule has 0 amide bonds. The fraction of sp³-hybridized carbons (Fsp3) is 1.00. The van der Waals surface area contributed by atoms with Crippen molar-refractivity contribution in [2.75, 3.05) is 19.6 Å². The quantitative estimate of drug-likeness (QED) is 0.629. The van der Waals surface area contributed by atoms with E-state index in [-0.39, 0.29) is 0 Å². The van der Waals surface area contributed by atoms with E-state index in [4.69, 9.17) is 0 Å². The van der Waals surface area contributed by atoms with Gasteiger partial charge in [0.05, 0.1) is 0 Å². The summed E-state index contributed by atoms with van der Waals surface area (Å²) in [6.07, 6.45) is 1.42. The summed E-state index contributed by atoms with van der Waals surface area (Å²) in [5.41, 5.74) is 0. The van der Waals surface area contributed by atoms with E-state index in [1.165, 1.54) is 26.1 Å². The third-order valence-corrected chi connectivity index (χ3v) is 2.88. The molecule has 2 fully saturated rings. The highest BCUT2D eigenvalue weighted by atomic mass is 15.2. The molecule has 2 saturated heterocycles. The number of nitrogens with one attached hydrogen (secondary N) is 1. The Morgan fingerprint density at radius 1 is 1.36 bits per heavy atom. The summed E-state index contributed by atoms with van der Waals surface area (Å²) in [6.45, 7) is 8.47. The summed E-state index contributed by atoms with van der Waals surface area (Å²) in [7, 11) is 0. The molecule has 1 N–H and O–H groups in total. The largest absolute Gasteiger partial charge is 0.310 e. The number of piperidine rings is 1. The average molecular weight is 154 g/mol. The van der Waals surface area contributed by atoms with Crippen molar-refractivity contribution in [1.82, 2.24) is 10.2 Å². The number of fused-ring (bicyclic) bond motifs is 2. The van der Waals surface area contributed by atoms with Crippen LogP contribution < -0.4 is 5.32 Å². The molecule has 2 heteroatoms. The van der Waals surface area contributed by atoms with Gasteiger partial charge in [-0.1, -0.05) is 13.8 Å². The van der Waals surface area contributed by atoms with Crippen molar-refractivity contribution < 1.29 is 0 Å². The number of nitrogens with zero attached hydrogens (tertiary/aromatic N) is 1. The second-order valence-corrected chi connectivity index (χ2v) is 4.24. The van der Waals surface area contributed by atoms with Gasteiger partial charge in [0.1, 0.15) is 0 Å². The maximum atomic E-state index is 3.63. The van der Waals surface area contributed by atoms with Gasteiger partial charge in [-0.25, -0.2) is 0 Å². The summed E-state index contributed by atoms with van der Waals surface area (Å²) in [5.74, 6) is 0.956. The molecule has 2 heterocycles. The van der Waals surface area contributed by atoms with E-state index in [0.29, 0.717) is 6.04 Å². The summed E-state index contributed by atoms with van der Waals surface area (Å²) in [6, 6.07) is 1.45. The standard InChI is InChI=1S/C9H18N2/c1-7(2)10-9-6-11-4-3-8(9)5-11/h7-10H,3-6H2,1-2H3. The third kappa shape index (κ3) is 1.42. The fourth-order valence-electron chi connectivity index (χ4n) is 2.40. The summed E-state index contributed by atoms with van der Waals surface area (Å²) >= 11 is 0. The smallest absolute Gasteiger partial charge is 0.0238 e. The monoisotopic (exact) mass is 154 g/mol. The van der Waals surface area contributed by atoms with Crippen LogP contribution in [-0.2, 0) is 0 Å². The number of hydrogen-bond acceptors (Lipinski definition) is 2. The molecule has 2 rings (SSSR count). The number of hydrogen-bond donors (Lipinski definition) is 1. The van der Waals surface area contributed by atoms with Crippen LogP contribution in [0.15, 0.2) is 0 Å². The van der Waals surface area contributed by atoms with Crippen molar-refractivity contribution >= 4 is 0 Å². The van der Waals surface area contributed by atoms with Crippen molar-refractivity contribution in [3.05, 3.63) is 0 Å². The lowest BCUT2D eigenvalue weighted by Gasteiger charge is -2.25. The van der Waals surface area contributed by atoms with E-state index in [2.05, 4.69) is 24.1 Å². The van der Waals surface area contributed by atoms with Gasteiger partial charge in [-0.3, -0.25) is 0 Å². The minimum absolute atomic E-state index is 0.653. The molecule has 2 aliphatic heterocycles. The normalized spacial score (nSPS) is 42.3. The van der Waals surface area contributed by atoms with Crippen LogP contribution >= 0.6 is 0 Å². The lowest BCUT2D eigenvalue weighted by atomic mass is 9.99. The van der Waals surface area contributed by atoms with E-state index >= 15 is 0 Å². The lowest BCUT2D eigenvalue weighted by molar-refractivity contribution is 0.304. The highest BCUT2D eigenvalue weighted by Gasteiger charge is 2.37. The van der Waals surface area contributed by atoms with Gasteiger partial charge in [0, 0.05) is 25.2 Å². The van der Waals surface area contributed by atoms with Crippen LogP contribution in [-0.4, -0.2) is 36.6 Å².